The third-order valence-corrected chi connectivity index (χ3v) is 9.34. The molecule has 0 radical (unpaired) electrons. The second-order valence-electron chi connectivity index (χ2n) is 8.36. The van der Waals surface area contributed by atoms with Crippen molar-refractivity contribution >= 4 is 47.1 Å². The first-order valence-corrected chi connectivity index (χ1v) is 13.7. The van der Waals surface area contributed by atoms with Crippen molar-refractivity contribution < 1.29 is 27.3 Å². The molecule has 7 nitrogen and oxygen atoms in total. The van der Waals surface area contributed by atoms with Crippen molar-refractivity contribution in [2.45, 2.75) is 6.18 Å². The van der Waals surface area contributed by atoms with E-state index in [1.807, 2.05) is 19.0 Å². The van der Waals surface area contributed by atoms with Crippen molar-refractivity contribution in [3.05, 3.63) is 70.4 Å². The van der Waals surface area contributed by atoms with Crippen LogP contribution >= 0.6 is 18.8 Å². The first-order chi connectivity index (χ1) is 17.1. The van der Waals surface area contributed by atoms with Gasteiger partial charge in [0.1, 0.15) is 0 Å². The molecule has 36 heavy (non-hydrogen) atoms. The van der Waals surface area contributed by atoms with Crippen LogP contribution in [0, 0.1) is 0 Å². The smallest absolute Gasteiger partial charge is 0.379 e. The van der Waals surface area contributed by atoms with Gasteiger partial charge in [-0.1, -0.05) is 12.1 Å². The number of nitrogens with one attached hydrogen (secondary N) is 2. The SMILES string of the molecule is CN(C)c1ccc([P@@](=O)(Nc2cccc(C(F)(F)F)c2)N2CCOCC2)c(NC(=O)c2cccs2)c1. The van der Waals surface area contributed by atoms with E-state index in [-0.39, 0.29) is 16.9 Å². The summed E-state index contributed by atoms with van der Waals surface area (Å²) in [7, 11) is -0.0845. The monoisotopic (exact) mass is 538 g/mol. The van der Waals surface area contributed by atoms with Gasteiger partial charge in [0.05, 0.1) is 34.6 Å². The Bertz CT molecular complexity index is 1260. The number of halogens is 3. The number of hydrogen-bond donors (Lipinski definition) is 2. The Morgan fingerprint density at radius 1 is 1.08 bits per heavy atom. The van der Waals surface area contributed by atoms with Crippen LogP contribution < -0.4 is 20.6 Å². The largest absolute Gasteiger partial charge is 0.416 e. The number of carbonyl (C=O) groups is 1. The minimum atomic E-state index is -4.55. The van der Waals surface area contributed by atoms with Crippen LogP contribution in [0.15, 0.2) is 60.0 Å². The number of morpholine rings is 1. The van der Waals surface area contributed by atoms with Gasteiger partial charge in [-0.25, -0.2) is 4.67 Å². The molecule has 0 bridgehead atoms. The quantitative estimate of drug-likeness (QED) is 0.396. The number of nitrogens with zero attached hydrogens (tertiary/aromatic N) is 2. The third-order valence-electron chi connectivity index (χ3n) is 5.67. The lowest BCUT2D eigenvalue weighted by Gasteiger charge is -2.36. The summed E-state index contributed by atoms with van der Waals surface area (Å²) in [4.78, 5) is 15.3. The molecule has 1 amide bonds. The van der Waals surface area contributed by atoms with Crippen LogP contribution in [-0.4, -0.2) is 51.0 Å². The summed E-state index contributed by atoms with van der Waals surface area (Å²) >= 11 is 1.27. The highest BCUT2D eigenvalue weighted by Gasteiger charge is 2.38. The fourth-order valence-corrected chi connectivity index (χ4v) is 6.94. The molecule has 0 saturated carbocycles. The van der Waals surface area contributed by atoms with Crippen molar-refractivity contribution in [2.75, 3.05) is 55.7 Å². The molecule has 2 heterocycles. The summed E-state index contributed by atoms with van der Waals surface area (Å²) in [6.45, 7) is 1.25. The average molecular weight is 539 g/mol. The number of ether oxygens (including phenoxy) is 1. The van der Waals surface area contributed by atoms with Crippen LogP contribution in [0.2, 0.25) is 0 Å². The molecule has 0 aliphatic carbocycles. The van der Waals surface area contributed by atoms with E-state index < -0.39 is 19.2 Å². The molecular formula is C24H26F3N4O3PS. The van der Waals surface area contributed by atoms with Gasteiger partial charge in [-0.3, -0.25) is 9.36 Å². The summed E-state index contributed by atoms with van der Waals surface area (Å²) < 4.78 is 62.0. The molecule has 3 aromatic rings. The van der Waals surface area contributed by atoms with Gasteiger partial charge in [0.2, 0.25) is 0 Å². The molecule has 4 rings (SSSR count). The zero-order chi connectivity index (χ0) is 25.9. The number of alkyl halides is 3. The number of amides is 1. The van der Waals surface area contributed by atoms with Gasteiger partial charge in [-0.15, -0.1) is 11.3 Å². The molecule has 1 saturated heterocycles. The second-order valence-corrected chi connectivity index (χ2v) is 11.7. The summed E-state index contributed by atoms with van der Waals surface area (Å²) in [5.74, 6) is -0.366. The fraction of sp³-hybridized carbons (Fsp3) is 0.292. The highest BCUT2D eigenvalue weighted by atomic mass is 32.1. The van der Waals surface area contributed by atoms with Crippen molar-refractivity contribution in [3.63, 3.8) is 0 Å². The van der Waals surface area contributed by atoms with Crippen LogP contribution in [-0.2, 0) is 15.5 Å². The summed E-state index contributed by atoms with van der Waals surface area (Å²) in [6.07, 6.45) is -4.55. The maximum atomic E-state index is 14.8. The zero-order valence-corrected chi connectivity index (χ0v) is 21.4. The van der Waals surface area contributed by atoms with Gasteiger partial charge in [0.25, 0.3) is 13.4 Å². The Labute approximate surface area is 211 Å². The van der Waals surface area contributed by atoms with Gasteiger partial charge in [-0.05, 0) is 47.8 Å². The number of carbonyl (C=O) groups excluding carboxylic acids is 1. The lowest BCUT2D eigenvalue weighted by Crippen LogP contribution is -2.39. The molecule has 2 aromatic carbocycles. The van der Waals surface area contributed by atoms with Gasteiger partial charge >= 0.3 is 6.18 Å². The Morgan fingerprint density at radius 2 is 1.83 bits per heavy atom. The second kappa shape index (κ2) is 10.6. The van der Waals surface area contributed by atoms with Crippen LogP contribution in [0.25, 0.3) is 0 Å². The molecule has 1 aliphatic heterocycles. The molecule has 1 atom stereocenters. The number of rotatable bonds is 7. The Morgan fingerprint density at radius 3 is 2.47 bits per heavy atom. The number of anilines is 3. The third kappa shape index (κ3) is 5.75. The van der Waals surface area contributed by atoms with Crippen molar-refractivity contribution in [2.24, 2.45) is 0 Å². The van der Waals surface area contributed by atoms with E-state index >= 15 is 0 Å². The van der Waals surface area contributed by atoms with E-state index in [4.69, 9.17) is 4.74 Å². The molecule has 1 aliphatic rings. The van der Waals surface area contributed by atoms with E-state index in [0.29, 0.717) is 36.9 Å². The molecule has 1 aromatic heterocycles. The summed E-state index contributed by atoms with van der Waals surface area (Å²) in [5.41, 5.74) is 0.281. The molecule has 12 heteroatoms. The van der Waals surface area contributed by atoms with Crippen LogP contribution in [0.1, 0.15) is 15.2 Å². The number of benzene rings is 2. The minimum absolute atomic E-state index is 0.0619. The van der Waals surface area contributed by atoms with Crippen LogP contribution in [0.5, 0.6) is 0 Å². The highest BCUT2D eigenvalue weighted by molar-refractivity contribution is 7.71. The standard InChI is InChI=1S/C24H26F3N4O3PS/c1-30(2)19-8-9-21(20(16-19)28-23(32)22-7-4-14-36-22)35(33,31-10-12-34-13-11-31)29-18-6-3-5-17(15-18)24(25,26)27/h3-9,14-16H,10-13H2,1-2H3,(H,28,32)(H,29,33)/t35-/m1/s1. The van der Waals surface area contributed by atoms with E-state index in [0.717, 1.165) is 17.8 Å². The normalized spacial score (nSPS) is 16.2. The van der Waals surface area contributed by atoms with Gasteiger partial charge < -0.3 is 20.0 Å². The van der Waals surface area contributed by atoms with E-state index in [2.05, 4.69) is 10.4 Å². The highest BCUT2D eigenvalue weighted by Crippen LogP contribution is 2.51. The predicted octanol–water partition coefficient (Wildman–Crippen LogP) is 5.35. The number of hydrogen-bond acceptors (Lipinski definition) is 5. The van der Waals surface area contributed by atoms with Crippen LogP contribution in [0.4, 0.5) is 30.2 Å². The molecule has 1 fully saturated rings. The Hall–Kier alpha value is -2.85. The Balaban J connectivity index is 1.81. The van der Waals surface area contributed by atoms with Gasteiger partial charge in [-0.2, -0.15) is 13.2 Å². The first-order valence-electron chi connectivity index (χ1n) is 11.1. The lowest BCUT2D eigenvalue weighted by atomic mass is 10.2. The maximum absolute atomic E-state index is 14.8. The lowest BCUT2D eigenvalue weighted by molar-refractivity contribution is -0.137. The molecule has 0 spiro atoms. The topological polar surface area (TPSA) is 73.9 Å². The maximum Gasteiger partial charge on any atom is 0.416 e. The fourth-order valence-electron chi connectivity index (χ4n) is 3.82. The molecule has 192 valence electrons. The summed E-state index contributed by atoms with van der Waals surface area (Å²) in [6, 6.07) is 13.2. The van der Waals surface area contributed by atoms with Crippen molar-refractivity contribution in [1.29, 1.82) is 0 Å². The van der Waals surface area contributed by atoms with E-state index in [9.17, 15) is 22.5 Å². The molecule has 0 unspecified atom stereocenters. The summed E-state index contributed by atoms with van der Waals surface area (Å²) in [5, 5.41) is 7.85. The average Bonchev–Trinajstić information content (AvgIpc) is 3.39. The Kier molecular flexibility index (Phi) is 7.75. The molecular weight excluding hydrogens is 512 g/mol. The number of thiophene rings is 1. The van der Waals surface area contributed by atoms with Crippen molar-refractivity contribution in [3.8, 4) is 0 Å². The minimum Gasteiger partial charge on any atom is -0.379 e. The van der Waals surface area contributed by atoms with Crippen LogP contribution in [0.3, 0.4) is 0 Å². The predicted molar refractivity (Wildman–Crippen MR) is 138 cm³/mol. The zero-order valence-electron chi connectivity index (χ0n) is 19.7. The first kappa shape index (κ1) is 26.2. The van der Waals surface area contributed by atoms with E-state index in [1.165, 1.54) is 23.5 Å². The van der Waals surface area contributed by atoms with E-state index in [1.54, 1.807) is 40.4 Å². The van der Waals surface area contributed by atoms with Crippen molar-refractivity contribution in [1.82, 2.24) is 4.67 Å². The molecule has 2 N–H and O–H groups in total. The van der Waals surface area contributed by atoms with Gasteiger partial charge in [0, 0.05) is 38.6 Å². The van der Waals surface area contributed by atoms with Gasteiger partial charge in [0.15, 0.2) is 0 Å².